The Morgan fingerprint density at radius 3 is 2.70 bits per heavy atom. The zero-order valence-corrected chi connectivity index (χ0v) is 12.7. The van der Waals surface area contributed by atoms with Crippen LogP contribution in [0.1, 0.15) is 37.7 Å². The molecule has 2 rings (SSSR count). The number of anilines is 2. The fourth-order valence-corrected chi connectivity index (χ4v) is 3.98. The van der Waals surface area contributed by atoms with Gasteiger partial charge in [0.2, 0.25) is 5.91 Å². The molecule has 1 saturated carbocycles. The van der Waals surface area contributed by atoms with E-state index in [-0.39, 0.29) is 16.9 Å². The Hall–Kier alpha value is -1.36. The quantitative estimate of drug-likeness (QED) is 0.838. The van der Waals surface area contributed by atoms with Gasteiger partial charge in [0.1, 0.15) is 5.75 Å². The predicted molar refractivity (Wildman–Crippen MR) is 84.1 cm³/mol. The lowest BCUT2D eigenvalue weighted by atomic mass is 10.0. The van der Waals surface area contributed by atoms with E-state index < -0.39 is 10.8 Å². The Balaban J connectivity index is 1.90. The molecule has 0 saturated heterocycles. The van der Waals surface area contributed by atoms with Gasteiger partial charge in [-0.1, -0.05) is 25.3 Å². The van der Waals surface area contributed by atoms with E-state index in [1.165, 1.54) is 6.42 Å². The summed E-state index contributed by atoms with van der Waals surface area (Å²) in [5.74, 6) is -0.151. The Morgan fingerprint density at radius 2 is 2.05 bits per heavy atom. The smallest absolute Gasteiger partial charge is 0.237 e. The zero-order chi connectivity index (χ0) is 14.5. The molecule has 0 radical (unpaired) electrons. The summed E-state index contributed by atoms with van der Waals surface area (Å²) in [6.45, 7) is 1.94. The molecule has 1 fully saturated rings. The number of hydrogen-bond acceptors (Lipinski definition) is 3. The highest BCUT2D eigenvalue weighted by atomic mass is 32.2. The van der Waals surface area contributed by atoms with Crippen LogP contribution in [0.25, 0.3) is 0 Å². The van der Waals surface area contributed by atoms with E-state index in [1.54, 1.807) is 6.07 Å². The highest BCUT2D eigenvalue weighted by Gasteiger charge is 2.21. The van der Waals surface area contributed by atoms with Crippen LogP contribution in [0.2, 0.25) is 0 Å². The van der Waals surface area contributed by atoms with Crippen LogP contribution in [0.3, 0.4) is 0 Å². The van der Waals surface area contributed by atoms with Crippen molar-refractivity contribution >= 4 is 28.1 Å². The minimum atomic E-state index is -1.07. The van der Waals surface area contributed by atoms with E-state index in [0.717, 1.165) is 31.2 Å². The van der Waals surface area contributed by atoms with E-state index in [1.807, 2.05) is 19.1 Å². The normalized spacial score (nSPS) is 17.6. The van der Waals surface area contributed by atoms with Crippen molar-refractivity contribution in [2.24, 2.45) is 0 Å². The Morgan fingerprint density at radius 1 is 1.35 bits per heavy atom. The van der Waals surface area contributed by atoms with Gasteiger partial charge in [-0.2, -0.15) is 0 Å². The lowest BCUT2D eigenvalue weighted by molar-refractivity contribution is -0.113. The maximum absolute atomic E-state index is 12.2. The molecule has 1 aromatic carbocycles. The molecule has 5 heteroatoms. The van der Waals surface area contributed by atoms with Gasteiger partial charge in [0.15, 0.2) is 0 Å². The maximum atomic E-state index is 12.2. The van der Waals surface area contributed by atoms with Crippen molar-refractivity contribution in [2.75, 3.05) is 16.8 Å². The monoisotopic (exact) mass is 294 g/mol. The summed E-state index contributed by atoms with van der Waals surface area (Å²) < 4.78 is 12.2. The van der Waals surface area contributed by atoms with Crippen molar-refractivity contribution in [3.05, 3.63) is 23.8 Å². The summed E-state index contributed by atoms with van der Waals surface area (Å²) in [4.78, 5) is 11.9. The van der Waals surface area contributed by atoms with Crippen molar-refractivity contribution in [3.8, 4) is 0 Å². The number of nitrogen functional groups attached to an aromatic ring is 1. The third-order valence-corrected chi connectivity index (χ3v) is 5.44. The Bertz CT molecular complexity index is 511. The zero-order valence-electron chi connectivity index (χ0n) is 11.9. The molecule has 1 atom stereocenters. The second-order valence-electron chi connectivity index (χ2n) is 5.42. The summed E-state index contributed by atoms with van der Waals surface area (Å²) in [7, 11) is -1.07. The lowest BCUT2D eigenvalue weighted by Gasteiger charge is -2.20. The number of amides is 1. The molecule has 1 aromatic rings. The molecule has 1 amide bonds. The molecule has 0 bridgehead atoms. The first-order valence-electron chi connectivity index (χ1n) is 7.09. The van der Waals surface area contributed by atoms with Crippen LogP contribution < -0.4 is 11.1 Å². The second-order valence-corrected chi connectivity index (χ2v) is 7.14. The number of carbonyl (C=O) groups excluding carboxylic acids is 1. The van der Waals surface area contributed by atoms with E-state index in [9.17, 15) is 9.00 Å². The maximum Gasteiger partial charge on any atom is 0.237 e. The van der Waals surface area contributed by atoms with Gasteiger partial charge in [0.25, 0.3) is 0 Å². The molecule has 1 aliphatic carbocycles. The topological polar surface area (TPSA) is 72.2 Å². The van der Waals surface area contributed by atoms with Gasteiger partial charge < -0.3 is 11.1 Å². The molecule has 0 heterocycles. The fraction of sp³-hybridized carbons (Fsp3) is 0.533. The number of benzene rings is 1. The van der Waals surface area contributed by atoms with Crippen molar-refractivity contribution in [1.82, 2.24) is 0 Å². The second kappa shape index (κ2) is 6.88. The summed E-state index contributed by atoms with van der Waals surface area (Å²) in [5.41, 5.74) is 8.04. The molecule has 3 N–H and O–H groups in total. The number of rotatable bonds is 4. The SMILES string of the molecule is Cc1ccc(NC(=O)CS(=O)C2CCCCC2)c(N)c1. The van der Waals surface area contributed by atoms with Gasteiger partial charge >= 0.3 is 0 Å². The van der Waals surface area contributed by atoms with Crippen LogP contribution in [0.15, 0.2) is 18.2 Å². The van der Waals surface area contributed by atoms with Crippen LogP contribution in [0, 0.1) is 6.92 Å². The Labute approximate surface area is 122 Å². The summed E-state index contributed by atoms with van der Waals surface area (Å²) in [6.07, 6.45) is 5.44. The van der Waals surface area contributed by atoms with Crippen molar-refractivity contribution in [3.63, 3.8) is 0 Å². The molecule has 20 heavy (non-hydrogen) atoms. The molecule has 0 aromatic heterocycles. The predicted octanol–water partition coefficient (Wildman–Crippen LogP) is 2.60. The van der Waals surface area contributed by atoms with E-state index in [0.29, 0.717) is 11.4 Å². The highest BCUT2D eigenvalue weighted by molar-refractivity contribution is 7.86. The minimum Gasteiger partial charge on any atom is -0.397 e. The summed E-state index contributed by atoms with van der Waals surface area (Å²) in [5, 5.41) is 2.94. The van der Waals surface area contributed by atoms with Crippen molar-refractivity contribution in [1.29, 1.82) is 0 Å². The number of aryl methyl sites for hydroxylation is 1. The molecule has 0 aliphatic heterocycles. The van der Waals surface area contributed by atoms with E-state index in [4.69, 9.17) is 5.73 Å². The first kappa shape index (κ1) is 15.0. The molecule has 1 aliphatic rings. The van der Waals surface area contributed by atoms with Gasteiger partial charge in [-0.05, 0) is 37.5 Å². The molecule has 4 nitrogen and oxygen atoms in total. The standard InChI is InChI=1S/C15H22N2O2S/c1-11-7-8-14(13(16)9-11)17-15(18)10-20(19)12-5-3-2-4-6-12/h7-9,12H,2-6,10,16H2,1H3,(H,17,18). The lowest BCUT2D eigenvalue weighted by Crippen LogP contribution is -2.27. The van der Waals surface area contributed by atoms with Gasteiger partial charge in [0, 0.05) is 16.0 Å². The number of nitrogens with one attached hydrogen (secondary N) is 1. The summed E-state index contributed by atoms with van der Waals surface area (Å²) in [6, 6.07) is 5.49. The molecular weight excluding hydrogens is 272 g/mol. The molecular formula is C15H22N2O2S. The van der Waals surface area contributed by atoms with E-state index in [2.05, 4.69) is 5.32 Å². The first-order valence-corrected chi connectivity index (χ1v) is 8.47. The molecule has 0 spiro atoms. The third kappa shape index (κ3) is 4.07. The largest absolute Gasteiger partial charge is 0.397 e. The van der Waals surface area contributed by atoms with Crippen LogP contribution in [0.5, 0.6) is 0 Å². The fourth-order valence-electron chi connectivity index (χ4n) is 2.56. The van der Waals surface area contributed by atoms with Gasteiger partial charge in [-0.15, -0.1) is 0 Å². The molecule has 1 unspecified atom stereocenters. The van der Waals surface area contributed by atoms with Gasteiger partial charge in [0.05, 0.1) is 11.4 Å². The highest BCUT2D eigenvalue weighted by Crippen LogP contribution is 2.23. The number of hydrogen-bond donors (Lipinski definition) is 2. The van der Waals surface area contributed by atoms with Gasteiger partial charge in [-0.25, -0.2) is 0 Å². The van der Waals surface area contributed by atoms with Crippen LogP contribution in [-0.4, -0.2) is 21.1 Å². The molecule has 110 valence electrons. The number of nitrogens with two attached hydrogens (primary N) is 1. The van der Waals surface area contributed by atoms with Crippen molar-refractivity contribution in [2.45, 2.75) is 44.3 Å². The van der Waals surface area contributed by atoms with Crippen LogP contribution in [-0.2, 0) is 15.6 Å². The average molecular weight is 294 g/mol. The number of carbonyl (C=O) groups is 1. The van der Waals surface area contributed by atoms with E-state index >= 15 is 0 Å². The third-order valence-electron chi connectivity index (χ3n) is 3.68. The first-order chi connectivity index (χ1) is 9.56. The van der Waals surface area contributed by atoms with Crippen molar-refractivity contribution < 1.29 is 9.00 Å². The minimum absolute atomic E-state index is 0.0674. The van der Waals surface area contributed by atoms with Crippen LogP contribution in [0.4, 0.5) is 11.4 Å². The average Bonchev–Trinajstić information content (AvgIpc) is 2.43. The van der Waals surface area contributed by atoms with Gasteiger partial charge in [-0.3, -0.25) is 9.00 Å². The van der Waals surface area contributed by atoms with Crippen LogP contribution >= 0.6 is 0 Å². The Kier molecular flexibility index (Phi) is 5.17. The summed E-state index contributed by atoms with van der Waals surface area (Å²) >= 11 is 0.